The van der Waals surface area contributed by atoms with Crippen molar-refractivity contribution in [2.45, 2.75) is 65.8 Å². The molecule has 1 aliphatic rings. The zero-order valence-electron chi connectivity index (χ0n) is 12.6. The summed E-state index contributed by atoms with van der Waals surface area (Å²) < 4.78 is 0. The largest absolute Gasteiger partial charge is 0.481 e. The number of aliphatic carboxylic acids is 1. The van der Waals surface area contributed by atoms with Gasteiger partial charge in [-0.05, 0) is 38.0 Å². The summed E-state index contributed by atoms with van der Waals surface area (Å²) >= 11 is 0. The highest BCUT2D eigenvalue weighted by Gasteiger charge is 2.34. The maximum absolute atomic E-state index is 12.2. The number of likely N-dealkylation sites (tertiary alicyclic amines) is 1. The lowest BCUT2D eigenvalue weighted by molar-refractivity contribution is -0.149. The van der Waals surface area contributed by atoms with Crippen molar-refractivity contribution in [1.29, 1.82) is 0 Å². The standard InChI is InChI=1S/C15H27NO3/c1-11-12(14(18)19)7-6-10-16(11)13(17)8-5-9-15(2,3)4/h11-12H,5-10H2,1-4H3,(H,18,19)/t11-,12-/m1/s1. The predicted molar refractivity (Wildman–Crippen MR) is 74.8 cm³/mol. The average Bonchev–Trinajstić information content (AvgIpc) is 2.26. The first-order chi connectivity index (χ1) is 8.72. The third-order valence-electron chi connectivity index (χ3n) is 3.94. The molecule has 1 heterocycles. The maximum atomic E-state index is 12.2. The number of carboxylic acids is 1. The first-order valence-corrected chi connectivity index (χ1v) is 7.24. The van der Waals surface area contributed by atoms with Crippen LogP contribution in [0.25, 0.3) is 0 Å². The van der Waals surface area contributed by atoms with Gasteiger partial charge >= 0.3 is 5.97 Å². The summed E-state index contributed by atoms with van der Waals surface area (Å²) in [5.74, 6) is -1.07. The van der Waals surface area contributed by atoms with E-state index in [1.807, 2.05) is 6.92 Å². The third-order valence-corrected chi connectivity index (χ3v) is 3.94. The van der Waals surface area contributed by atoms with E-state index in [0.717, 1.165) is 19.3 Å². The Morgan fingerprint density at radius 3 is 2.47 bits per heavy atom. The van der Waals surface area contributed by atoms with Crippen LogP contribution in [0.1, 0.15) is 59.8 Å². The molecule has 4 nitrogen and oxygen atoms in total. The Labute approximate surface area is 116 Å². The van der Waals surface area contributed by atoms with Gasteiger partial charge in [0.2, 0.25) is 5.91 Å². The minimum atomic E-state index is -0.778. The zero-order chi connectivity index (χ0) is 14.6. The third kappa shape index (κ3) is 4.84. The van der Waals surface area contributed by atoms with E-state index in [9.17, 15) is 9.59 Å². The molecule has 0 aromatic heterocycles. The highest BCUT2D eigenvalue weighted by molar-refractivity contribution is 5.78. The summed E-state index contributed by atoms with van der Waals surface area (Å²) in [6, 6.07) is -0.173. The topological polar surface area (TPSA) is 57.6 Å². The fourth-order valence-electron chi connectivity index (χ4n) is 2.74. The minimum Gasteiger partial charge on any atom is -0.481 e. The Balaban J connectivity index is 2.49. The smallest absolute Gasteiger partial charge is 0.308 e. The lowest BCUT2D eigenvalue weighted by Gasteiger charge is -2.37. The summed E-state index contributed by atoms with van der Waals surface area (Å²) in [5, 5.41) is 9.15. The fraction of sp³-hybridized carbons (Fsp3) is 0.867. The number of carbonyl (C=O) groups is 2. The van der Waals surface area contributed by atoms with Gasteiger partial charge in [-0.25, -0.2) is 0 Å². The Morgan fingerprint density at radius 2 is 1.95 bits per heavy atom. The van der Waals surface area contributed by atoms with Crippen LogP contribution >= 0.6 is 0 Å². The lowest BCUT2D eigenvalue weighted by Crippen LogP contribution is -2.49. The molecule has 1 saturated heterocycles. The van der Waals surface area contributed by atoms with Gasteiger partial charge in [0, 0.05) is 19.0 Å². The Bertz CT molecular complexity index is 333. The average molecular weight is 269 g/mol. The van der Waals surface area contributed by atoms with Crippen LogP contribution in [-0.2, 0) is 9.59 Å². The van der Waals surface area contributed by atoms with Gasteiger partial charge in [-0.15, -0.1) is 0 Å². The summed E-state index contributed by atoms with van der Waals surface area (Å²) in [6.45, 7) is 9.07. The van der Waals surface area contributed by atoms with Crippen LogP contribution in [0.15, 0.2) is 0 Å². The van der Waals surface area contributed by atoms with Crippen LogP contribution in [0.4, 0.5) is 0 Å². The molecule has 1 rings (SSSR count). The summed E-state index contributed by atoms with van der Waals surface area (Å²) in [5.41, 5.74) is 0.247. The van der Waals surface area contributed by atoms with Crippen molar-refractivity contribution in [3.63, 3.8) is 0 Å². The molecule has 0 radical (unpaired) electrons. The Kier molecular flexibility index (Phi) is 5.39. The SMILES string of the molecule is C[C@@H]1[C@H](C(=O)O)CCCN1C(=O)CCCC(C)(C)C. The molecule has 19 heavy (non-hydrogen) atoms. The number of carboxylic acid groups (broad SMARTS) is 1. The van der Waals surface area contributed by atoms with Gasteiger partial charge in [0.05, 0.1) is 5.92 Å². The molecule has 0 aromatic carbocycles. The molecule has 0 bridgehead atoms. The second kappa shape index (κ2) is 6.40. The van der Waals surface area contributed by atoms with Crippen molar-refractivity contribution in [2.24, 2.45) is 11.3 Å². The van der Waals surface area contributed by atoms with Crippen molar-refractivity contribution in [1.82, 2.24) is 4.90 Å². The number of carbonyl (C=O) groups excluding carboxylic acids is 1. The van der Waals surface area contributed by atoms with Gasteiger partial charge in [-0.1, -0.05) is 20.8 Å². The molecule has 1 fully saturated rings. The predicted octanol–water partition coefficient (Wildman–Crippen LogP) is 2.91. The number of hydrogen-bond donors (Lipinski definition) is 1. The molecule has 4 heteroatoms. The second-order valence-corrected chi connectivity index (χ2v) is 6.83. The molecule has 0 aliphatic carbocycles. The van der Waals surface area contributed by atoms with Gasteiger partial charge in [0.15, 0.2) is 0 Å². The quantitative estimate of drug-likeness (QED) is 0.853. The van der Waals surface area contributed by atoms with Crippen molar-refractivity contribution in [3.05, 3.63) is 0 Å². The first-order valence-electron chi connectivity index (χ1n) is 7.24. The second-order valence-electron chi connectivity index (χ2n) is 6.83. The summed E-state index contributed by atoms with van der Waals surface area (Å²) in [7, 11) is 0. The van der Waals surface area contributed by atoms with E-state index >= 15 is 0 Å². The van der Waals surface area contributed by atoms with E-state index in [4.69, 9.17) is 5.11 Å². The maximum Gasteiger partial charge on any atom is 0.308 e. The highest BCUT2D eigenvalue weighted by atomic mass is 16.4. The zero-order valence-corrected chi connectivity index (χ0v) is 12.6. The summed E-state index contributed by atoms with van der Waals surface area (Å²) in [4.78, 5) is 25.1. The normalized spacial score (nSPS) is 24.3. The highest BCUT2D eigenvalue weighted by Crippen LogP contribution is 2.26. The van der Waals surface area contributed by atoms with E-state index < -0.39 is 11.9 Å². The van der Waals surface area contributed by atoms with Crippen LogP contribution in [0, 0.1) is 11.3 Å². The van der Waals surface area contributed by atoms with Gasteiger partial charge in [0.1, 0.15) is 0 Å². The molecule has 0 unspecified atom stereocenters. The first kappa shape index (κ1) is 16.0. The number of nitrogens with zero attached hydrogens (tertiary/aromatic N) is 1. The number of piperidine rings is 1. The van der Waals surface area contributed by atoms with E-state index in [1.54, 1.807) is 4.90 Å². The van der Waals surface area contributed by atoms with Crippen molar-refractivity contribution < 1.29 is 14.7 Å². The molecular weight excluding hydrogens is 242 g/mol. The van der Waals surface area contributed by atoms with E-state index in [0.29, 0.717) is 19.4 Å². The molecular formula is C15H27NO3. The monoisotopic (exact) mass is 269 g/mol. The Hall–Kier alpha value is -1.06. The summed E-state index contributed by atoms with van der Waals surface area (Å²) in [6.07, 6.45) is 3.91. The lowest BCUT2D eigenvalue weighted by atomic mass is 9.88. The van der Waals surface area contributed by atoms with Crippen LogP contribution in [-0.4, -0.2) is 34.5 Å². The molecule has 0 aromatic rings. The number of rotatable bonds is 4. The molecule has 0 spiro atoms. The van der Waals surface area contributed by atoms with E-state index in [-0.39, 0.29) is 17.4 Å². The van der Waals surface area contributed by atoms with Crippen molar-refractivity contribution in [3.8, 4) is 0 Å². The van der Waals surface area contributed by atoms with E-state index in [2.05, 4.69) is 20.8 Å². The fourth-order valence-corrected chi connectivity index (χ4v) is 2.74. The van der Waals surface area contributed by atoms with Crippen LogP contribution in [0.2, 0.25) is 0 Å². The van der Waals surface area contributed by atoms with Crippen LogP contribution in [0.5, 0.6) is 0 Å². The van der Waals surface area contributed by atoms with Gasteiger partial charge in [-0.2, -0.15) is 0 Å². The number of hydrogen-bond acceptors (Lipinski definition) is 2. The minimum absolute atomic E-state index is 0.114. The van der Waals surface area contributed by atoms with Crippen molar-refractivity contribution in [2.75, 3.05) is 6.54 Å². The molecule has 110 valence electrons. The molecule has 2 atom stereocenters. The molecule has 1 amide bonds. The van der Waals surface area contributed by atoms with Gasteiger partial charge in [0.25, 0.3) is 0 Å². The van der Waals surface area contributed by atoms with Gasteiger partial charge in [-0.3, -0.25) is 9.59 Å². The number of amides is 1. The molecule has 1 aliphatic heterocycles. The van der Waals surface area contributed by atoms with Crippen molar-refractivity contribution >= 4 is 11.9 Å². The molecule has 1 N–H and O–H groups in total. The van der Waals surface area contributed by atoms with Crippen LogP contribution in [0.3, 0.4) is 0 Å². The van der Waals surface area contributed by atoms with Gasteiger partial charge < -0.3 is 10.0 Å². The van der Waals surface area contributed by atoms with Crippen LogP contribution < -0.4 is 0 Å². The molecule has 0 saturated carbocycles. The Morgan fingerprint density at radius 1 is 1.32 bits per heavy atom. The van der Waals surface area contributed by atoms with E-state index in [1.165, 1.54) is 0 Å².